The molecule has 4 atom stereocenters. The summed E-state index contributed by atoms with van der Waals surface area (Å²) in [5, 5.41) is 6.33. The van der Waals surface area contributed by atoms with Gasteiger partial charge in [0.15, 0.2) is 17.0 Å². The van der Waals surface area contributed by atoms with Crippen molar-refractivity contribution >= 4 is 23.8 Å². The van der Waals surface area contributed by atoms with Crippen LogP contribution in [0.25, 0.3) is 0 Å². The Morgan fingerprint density at radius 2 is 1.62 bits per heavy atom. The van der Waals surface area contributed by atoms with Crippen molar-refractivity contribution in [3.05, 3.63) is 23.5 Å². The van der Waals surface area contributed by atoms with E-state index in [4.69, 9.17) is 18.9 Å². The predicted molar refractivity (Wildman–Crippen MR) is 176 cm³/mol. The summed E-state index contributed by atoms with van der Waals surface area (Å²) in [7, 11) is 1.24. The fourth-order valence-electron chi connectivity index (χ4n) is 8.08. The van der Waals surface area contributed by atoms with Crippen LogP contribution < -0.4 is 20.1 Å². The van der Waals surface area contributed by atoms with Crippen LogP contribution in [-0.2, 0) is 23.9 Å². The molecule has 4 aliphatic carbocycles. The average molecular weight is 673 g/mol. The zero-order valence-electron chi connectivity index (χ0n) is 29.5. The fraction of sp³-hybridized carbons (Fsp3) is 0.730. The molecule has 0 heterocycles. The van der Waals surface area contributed by atoms with Gasteiger partial charge in [-0.05, 0) is 116 Å². The van der Waals surface area contributed by atoms with Crippen molar-refractivity contribution in [2.45, 2.75) is 130 Å². The monoisotopic (exact) mass is 672 g/mol. The number of hydrogen-bond donors (Lipinski definition) is 2. The normalized spacial score (nSPS) is 29.1. The molecule has 48 heavy (non-hydrogen) atoms. The van der Waals surface area contributed by atoms with E-state index >= 15 is 4.39 Å². The molecule has 0 saturated heterocycles. The van der Waals surface area contributed by atoms with Gasteiger partial charge >= 0.3 is 11.9 Å². The minimum absolute atomic E-state index is 0.00545. The van der Waals surface area contributed by atoms with E-state index in [0.717, 1.165) is 38.2 Å². The van der Waals surface area contributed by atoms with E-state index in [9.17, 15) is 19.2 Å². The molecule has 0 radical (unpaired) electrons. The molecular weight excluding hydrogens is 619 g/mol. The highest BCUT2D eigenvalue weighted by atomic mass is 19.1. The standard InChI is InChI=1S/C37H53FN2O8/c1-21(2)46-27-19-26(38)28(47-24-11-15-37(16-12-24,33(43)45-7)34(44)48-35(3,4)5)18-25(27)31(41)40-30-23-10-9-22(17-23)29(30)32(42)39-20-36(6)13-8-14-36/h18-19,21-24,29-30H,8-17,20H2,1-7H3,(H,39,42)(H,40,41)/t22-,23+,24-,29+,30-,37+/m1/s1. The number of hydrogen-bond acceptors (Lipinski definition) is 8. The molecule has 4 aliphatic rings. The lowest BCUT2D eigenvalue weighted by Crippen LogP contribution is -2.51. The summed E-state index contributed by atoms with van der Waals surface area (Å²) in [6, 6.07) is 2.19. The third-order valence-corrected chi connectivity index (χ3v) is 10.9. The molecule has 0 aliphatic heterocycles. The van der Waals surface area contributed by atoms with Crippen LogP contribution in [0.4, 0.5) is 4.39 Å². The number of carbonyl (C=O) groups is 4. The Morgan fingerprint density at radius 1 is 0.958 bits per heavy atom. The van der Waals surface area contributed by atoms with Gasteiger partial charge in [0.1, 0.15) is 11.4 Å². The maximum Gasteiger partial charge on any atom is 0.324 e. The van der Waals surface area contributed by atoms with Crippen LogP contribution in [0.2, 0.25) is 0 Å². The van der Waals surface area contributed by atoms with E-state index < -0.39 is 40.8 Å². The number of rotatable bonds is 11. The molecule has 4 fully saturated rings. The zero-order chi connectivity index (χ0) is 35.0. The van der Waals surface area contributed by atoms with Crippen molar-refractivity contribution in [2.75, 3.05) is 13.7 Å². The molecule has 4 saturated carbocycles. The van der Waals surface area contributed by atoms with Gasteiger partial charge in [0.25, 0.3) is 5.91 Å². The summed E-state index contributed by atoms with van der Waals surface area (Å²) in [6.45, 7) is 11.6. The Morgan fingerprint density at radius 3 is 2.21 bits per heavy atom. The van der Waals surface area contributed by atoms with Crippen molar-refractivity contribution < 1.29 is 42.5 Å². The van der Waals surface area contributed by atoms with E-state index in [1.54, 1.807) is 34.6 Å². The highest BCUT2D eigenvalue weighted by molar-refractivity contribution is 6.00. The van der Waals surface area contributed by atoms with Gasteiger partial charge in [-0.15, -0.1) is 0 Å². The Balaban J connectivity index is 1.31. The van der Waals surface area contributed by atoms with Gasteiger partial charge in [-0.1, -0.05) is 13.3 Å². The first-order valence-corrected chi connectivity index (χ1v) is 17.6. The molecular formula is C37H53FN2O8. The minimum Gasteiger partial charge on any atom is -0.490 e. The quantitative estimate of drug-likeness (QED) is 0.220. The van der Waals surface area contributed by atoms with Crippen molar-refractivity contribution in [3.63, 3.8) is 0 Å². The second-order valence-electron chi connectivity index (χ2n) is 16.1. The molecule has 2 amide bonds. The lowest BCUT2D eigenvalue weighted by Gasteiger charge is -2.39. The van der Waals surface area contributed by atoms with Gasteiger partial charge in [0.2, 0.25) is 5.91 Å². The van der Waals surface area contributed by atoms with Gasteiger partial charge in [0, 0.05) is 18.7 Å². The second-order valence-corrected chi connectivity index (χ2v) is 16.1. The molecule has 2 bridgehead atoms. The third-order valence-electron chi connectivity index (χ3n) is 10.9. The maximum absolute atomic E-state index is 15.5. The van der Waals surface area contributed by atoms with E-state index in [1.165, 1.54) is 19.6 Å². The number of benzene rings is 1. The van der Waals surface area contributed by atoms with Crippen molar-refractivity contribution in [1.82, 2.24) is 10.6 Å². The molecule has 2 N–H and O–H groups in total. The highest BCUT2D eigenvalue weighted by Crippen LogP contribution is 2.49. The highest BCUT2D eigenvalue weighted by Gasteiger charge is 2.53. The summed E-state index contributed by atoms with van der Waals surface area (Å²) in [5.74, 6) is -2.40. The Labute approximate surface area is 283 Å². The molecule has 10 nitrogen and oxygen atoms in total. The minimum atomic E-state index is -1.47. The zero-order valence-corrected chi connectivity index (χ0v) is 29.5. The van der Waals surface area contributed by atoms with Gasteiger partial charge in [-0.25, -0.2) is 4.39 Å². The molecule has 266 valence electrons. The van der Waals surface area contributed by atoms with Crippen LogP contribution in [0.15, 0.2) is 12.1 Å². The number of nitrogens with one attached hydrogen (secondary N) is 2. The first kappa shape index (κ1) is 35.9. The van der Waals surface area contributed by atoms with Gasteiger partial charge in [-0.3, -0.25) is 19.2 Å². The Kier molecular flexibility index (Phi) is 10.4. The van der Waals surface area contributed by atoms with Crippen LogP contribution in [0.5, 0.6) is 11.5 Å². The lowest BCUT2D eigenvalue weighted by atomic mass is 9.70. The average Bonchev–Trinajstić information content (AvgIpc) is 3.61. The van der Waals surface area contributed by atoms with Gasteiger partial charge in [-0.2, -0.15) is 0 Å². The van der Waals surface area contributed by atoms with Crippen molar-refractivity contribution in [3.8, 4) is 11.5 Å². The summed E-state index contributed by atoms with van der Waals surface area (Å²) in [5.41, 5.74) is -1.99. The Hall–Kier alpha value is -3.37. The number of methoxy groups -OCH3 is 1. The first-order chi connectivity index (χ1) is 22.5. The summed E-state index contributed by atoms with van der Waals surface area (Å²) >= 11 is 0. The molecule has 1 aromatic rings. The van der Waals surface area contributed by atoms with Crippen LogP contribution in [0.1, 0.15) is 116 Å². The number of carbonyl (C=O) groups excluding carboxylic acids is 4. The molecule has 11 heteroatoms. The van der Waals surface area contributed by atoms with E-state index in [0.29, 0.717) is 6.54 Å². The van der Waals surface area contributed by atoms with E-state index in [2.05, 4.69) is 17.6 Å². The topological polar surface area (TPSA) is 129 Å². The van der Waals surface area contributed by atoms with Crippen LogP contribution in [0.3, 0.4) is 0 Å². The van der Waals surface area contributed by atoms with Crippen LogP contribution in [-0.4, -0.2) is 61.3 Å². The number of ether oxygens (including phenoxy) is 4. The number of halogens is 1. The van der Waals surface area contributed by atoms with Gasteiger partial charge < -0.3 is 29.6 Å². The fourth-order valence-corrected chi connectivity index (χ4v) is 8.08. The first-order valence-electron chi connectivity index (χ1n) is 17.6. The molecule has 5 rings (SSSR count). The van der Waals surface area contributed by atoms with Crippen LogP contribution in [0, 0.1) is 34.4 Å². The molecule has 0 aromatic heterocycles. The largest absolute Gasteiger partial charge is 0.490 e. The van der Waals surface area contributed by atoms with Gasteiger partial charge in [0.05, 0.1) is 30.8 Å². The van der Waals surface area contributed by atoms with Crippen molar-refractivity contribution in [2.24, 2.45) is 28.6 Å². The second kappa shape index (κ2) is 13.9. The smallest absolute Gasteiger partial charge is 0.324 e. The molecule has 0 spiro atoms. The summed E-state index contributed by atoms with van der Waals surface area (Å²) < 4.78 is 38.1. The SMILES string of the molecule is COC(=O)[C@]1(C(=O)OC(C)(C)C)CC[C@@H](Oc2cc(C(=O)N[C@@H]3[C@H]4CC[C@H](C4)[C@@H]3C(=O)NCC3(C)CCC3)c(OC(C)C)cc2F)CC1. The number of amides is 2. The van der Waals surface area contributed by atoms with Crippen LogP contribution >= 0.6 is 0 Å². The Bertz CT molecular complexity index is 1390. The number of esters is 2. The van der Waals surface area contributed by atoms with E-state index in [1.807, 2.05) is 0 Å². The van der Waals surface area contributed by atoms with Crippen molar-refractivity contribution in [1.29, 1.82) is 0 Å². The maximum atomic E-state index is 15.5. The summed E-state index contributed by atoms with van der Waals surface area (Å²) in [6.07, 6.45) is 6.10. The predicted octanol–water partition coefficient (Wildman–Crippen LogP) is 5.89. The molecule has 1 aromatic carbocycles. The van der Waals surface area contributed by atoms with E-state index in [-0.39, 0.29) is 84.0 Å². The number of fused-ring (bicyclic) bond motifs is 2. The summed E-state index contributed by atoms with van der Waals surface area (Å²) in [4.78, 5) is 53.4. The lowest BCUT2D eigenvalue weighted by molar-refractivity contribution is -0.182. The third kappa shape index (κ3) is 7.59. The molecule has 0 unspecified atom stereocenters.